The number of aryl methyl sites for hydroxylation is 1. The number of ether oxygens (including phenoxy) is 1. The first-order chi connectivity index (χ1) is 9.12. The minimum absolute atomic E-state index is 0. The average molecular weight is 315 g/mol. The molecule has 5 heteroatoms. The maximum atomic E-state index is 5.25. The SMILES string of the molecule is C.C.CC(C)(C)N1CCOCC1.Cn1ncnc1C(C)(C)C. The van der Waals surface area contributed by atoms with E-state index < -0.39 is 0 Å². The maximum absolute atomic E-state index is 5.25. The van der Waals surface area contributed by atoms with Crippen LogP contribution in [0.2, 0.25) is 0 Å². The number of hydrogen-bond acceptors (Lipinski definition) is 4. The van der Waals surface area contributed by atoms with E-state index >= 15 is 0 Å². The Balaban J connectivity index is 0. The minimum atomic E-state index is 0. The molecule has 132 valence electrons. The number of morpholine rings is 1. The molecule has 0 atom stereocenters. The van der Waals surface area contributed by atoms with Crippen LogP contribution in [-0.4, -0.2) is 51.5 Å². The van der Waals surface area contributed by atoms with Gasteiger partial charge in [-0.25, -0.2) is 4.98 Å². The van der Waals surface area contributed by atoms with Gasteiger partial charge in [-0.2, -0.15) is 5.10 Å². The topological polar surface area (TPSA) is 43.2 Å². The highest BCUT2D eigenvalue weighted by molar-refractivity contribution is 4.99. The molecule has 0 aliphatic carbocycles. The van der Waals surface area contributed by atoms with Gasteiger partial charge in [0.15, 0.2) is 0 Å². The summed E-state index contributed by atoms with van der Waals surface area (Å²) in [5, 5.41) is 3.99. The van der Waals surface area contributed by atoms with E-state index in [1.807, 2.05) is 7.05 Å². The van der Waals surface area contributed by atoms with Gasteiger partial charge in [-0.15, -0.1) is 0 Å². The standard InChI is InChI=1S/C8H17NO.C7H13N3.2CH4/c1-8(2,3)9-4-6-10-7-5-9;1-7(2,3)6-8-5-9-10(6)4;;/h4-7H2,1-3H3;5H,1-4H3;2*1H4. The molecule has 0 amide bonds. The molecule has 0 aromatic carbocycles. The lowest BCUT2D eigenvalue weighted by atomic mass is 9.96. The average Bonchev–Trinajstić information content (AvgIpc) is 2.76. The molecule has 1 aliphatic rings. The summed E-state index contributed by atoms with van der Waals surface area (Å²) < 4.78 is 7.06. The molecular weight excluding hydrogens is 276 g/mol. The Kier molecular flexibility index (Phi) is 9.81. The number of aromatic nitrogens is 3. The third kappa shape index (κ3) is 7.36. The molecule has 2 heterocycles. The fourth-order valence-corrected chi connectivity index (χ4v) is 2.21. The van der Waals surface area contributed by atoms with E-state index in [1.54, 1.807) is 11.0 Å². The zero-order valence-electron chi connectivity index (χ0n) is 14.1. The van der Waals surface area contributed by atoms with Crippen molar-refractivity contribution in [3.63, 3.8) is 0 Å². The molecule has 0 saturated carbocycles. The Bertz CT molecular complexity index is 396. The molecule has 1 aromatic rings. The molecule has 0 unspecified atom stereocenters. The summed E-state index contributed by atoms with van der Waals surface area (Å²) in [7, 11) is 1.91. The summed E-state index contributed by atoms with van der Waals surface area (Å²) in [6.07, 6.45) is 1.58. The van der Waals surface area contributed by atoms with Crippen LogP contribution in [0.25, 0.3) is 0 Å². The van der Waals surface area contributed by atoms with E-state index in [-0.39, 0.29) is 20.3 Å². The Morgan fingerprint density at radius 3 is 1.73 bits per heavy atom. The Morgan fingerprint density at radius 2 is 1.50 bits per heavy atom. The van der Waals surface area contributed by atoms with Crippen LogP contribution < -0.4 is 0 Å². The molecule has 22 heavy (non-hydrogen) atoms. The zero-order valence-corrected chi connectivity index (χ0v) is 14.1. The summed E-state index contributed by atoms with van der Waals surface area (Å²) >= 11 is 0. The van der Waals surface area contributed by atoms with Crippen molar-refractivity contribution in [3.05, 3.63) is 12.2 Å². The van der Waals surface area contributed by atoms with E-state index in [0.717, 1.165) is 32.1 Å². The molecule has 2 rings (SSSR count). The lowest BCUT2D eigenvalue weighted by Crippen LogP contribution is -2.47. The second-order valence-electron chi connectivity index (χ2n) is 7.23. The van der Waals surface area contributed by atoms with E-state index in [1.165, 1.54) is 0 Å². The van der Waals surface area contributed by atoms with Crippen molar-refractivity contribution >= 4 is 0 Å². The molecule has 1 saturated heterocycles. The van der Waals surface area contributed by atoms with Gasteiger partial charge in [0.05, 0.1) is 13.2 Å². The number of rotatable bonds is 0. The van der Waals surface area contributed by atoms with E-state index in [4.69, 9.17) is 4.74 Å². The molecule has 5 nitrogen and oxygen atoms in total. The molecule has 0 bridgehead atoms. The quantitative estimate of drug-likeness (QED) is 0.735. The van der Waals surface area contributed by atoms with Crippen molar-refractivity contribution < 1.29 is 4.74 Å². The van der Waals surface area contributed by atoms with Crippen molar-refractivity contribution in [3.8, 4) is 0 Å². The molecule has 1 aliphatic heterocycles. The Morgan fingerprint density at radius 1 is 1.00 bits per heavy atom. The molecule has 0 N–H and O–H groups in total. The Hall–Kier alpha value is -0.940. The summed E-state index contributed by atoms with van der Waals surface area (Å²) in [5.41, 5.74) is 0.426. The molecular formula is C17H38N4O. The van der Waals surface area contributed by atoms with Crippen LogP contribution in [0, 0.1) is 0 Å². The fraction of sp³-hybridized carbons (Fsp3) is 0.882. The third-order valence-corrected chi connectivity index (χ3v) is 3.34. The normalized spacial score (nSPS) is 16.0. The van der Waals surface area contributed by atoms with Gasteiger partial charge in [-0.05, 0) is 20.8 Å². The smallest absolute Gasteiger partial charge is 0.138 e. The second kappa shape index (κ2) is 9.26. The minimum Gasteiger partial charge on any atom is -0.379 e. The maximum Gasteiger partial charge on any atom is 0.138 e. The summed E-state index contributed by atoms with van der Waals surface area (Å²) in [6, 6.07) is 0. The van der Waals surface area contributed by atoms with Gasteiger partial charge in [-0.3, -0.25) is 9.58 Å². The summed E-state index contributed by atoms with van der Waals surface area (Å²) in [6.45, 7) is 17.1. The largest absolute Gasteiger partial charge is 0.379 e. The zero-order chi connectivity index (χ0) is 15.4. The van der Waals surface area contributed by atoms with Gasteiger partial charge in [0.25, 0.3) is 0 Å². The molecule has 1 aromatic heterocycles. The molecule has 0 spiro atoms. The fourth-order valence-electron chi connectivity index (χ4n) is 2.21. The van der Waals surface area contributed by atoms with Gasteiger partial charge in [0, 0.05) is 31.1 Å². The molecule has 1 fully saturated rings. The van der Waals surface area contributed by atoms with Gasteiger partial charge in [-0.1, -0.05) is 35.6 Å². The van der Waals surface area contributed by atoms with Crippen LogP contribution in [0.1, 0.15) is 62.2 Å². The van der Waals surface area contributed by atoms with Crippen LogP contribution in [0.5, 0.6) is 0 Å². The van der Waals surface area contributed by atoms with Crippen LogP contribution in [-0.2, 0) is 17.2 Å². The van der Waals surface area contributed by atoms with E-state index in [9.17, 15) is 0 Å². The van der Waals surface area contributed by atoms with Crippen LogP contribution >= 0.6 is 0 Å². The second-order valence-corrected chi connectivity index (χ2v) is 7.23. The number of nitrogens with zero attached hydrogens (tertiary/aromatic N) is 4. The first-order valence-electron chi connectivity index (χ1n) is 7.29. The van der Waals surface area contributed by atoms with E-state index in [2.05, 4.69) is 56.5 Å². The molecule has 0 radical (unpaired) electrons. The van der Waals surface area contributed by atoms with Gasteiger partial charge >= 0.3 is 0 Å². The van der Waals surface area contributed by atoms with Crippen molar-refractivity contribution in [2.75, 3.05) is 26.3 Å². The monoisotopic (exact) mass is 314 g/mol. The first-order valence-corrected chi connectivity index (χ1v) is 7.29. The van der Waals surface area contributed by atoms with Crippen molar-refractivity contribution in [1.29, 1.82) is 0 Å². The lowest BCUT2D eigenvalue weighted by molar-refractivity contribution is -0.00389. The van der Waals surface area contributed by atoms with Crippen LogP contribution in [0.4, 0.5) is 0 Å². The van der Waals surface area contributed by atoms with Crippen LogP contribution in [0.15, 0.2) is 6.33 Å². The Labute approximate surface area is 138 Å². The highest BCUT2D eigenvalue weighted by atomic mass is 16.5. The lowest BCUT2D eigenvalue weighted by Gasteiger charge is -2.38. The predicted molar refractivity (Wildman–Crippen MR) is 95.3 cm³/mol. The van der Waals surface area contributed by atoms with Crippen molar-refractivity contribution in [2.24, 2.45) is 7.05 Å². The summed E-state index contributed by atoms with van der Waals surface area (Å²) in [5.74, 6) is 1.02. The number of hydrogen-bond donors (Lipinski definition) is 0. The summed E-state index contributed by atoms with van der Waals surface area (Å²) in [4.78, 5) is 6.59. The first kappa shape index (κ1) is 23.3. The van der Waals surface area contributed by atoms with E-state index in [0.29, 0.717) is 5.54 Å². The van der Waals surface area contributed by atoms with Gasteiger partial charge in [0.2, 0.25) is 0 Å². The van der Waals surface area contributed by atoms with Gasteiger partial charge < -0.3 is 4.74 Å². The van der Waals surface area contributed by atoms with Gasteiger partial charge in [0.1, 0.15) is 12.2 Å². The third-order valence-electron chi connectivity index (χ3n) is 3.34. The van der Waals surface area contributed by atoms with Crippen molar-refractivity contribution in [2.45, 2.75) is 67.3 Å². The predicted octanol–water partition coefficient (Wildman–Crippen LogP) is 3.50. The van der Waals surface area contributed by atoms with Crippen molar-refractivity contribution in [1.82, 2.24) is 19.7 Å². The highest BCUT2D eigenvalue weighted by Crippen LogP contribution is 2.17. The van der Waals surface area contributed by atoms with Crippen LogP contribution in [0.3, 0.4) is 0 Å². The highest BCUT2D eigenvalue weighted by Gasteiger charge is 2.22.